The Kier molecular flexibility index (Phi) is 1.96. The third-order valence-corrected chi connectivity index (χ3v) is 1.31. The summed E-state index contributed by atoms with van der Waals surface area (Å²) in [6.07, 6.45) is 0. The highest BCUT2D eigenvalue weighted by atomic mass is 16.4. The molecular weight excluding hydrogens is 146 g/mol. The zero-order valence-corrected chi connectivity index (χ0v) is 6.16. The normalized spacial score (nSPS) is 12.9. The molecule has 0 aliphatic rings. The third-order valence-electron chi connectivity index (χ3n) is 1.31. The molecule has 0 amide bonds. The summed E-state index contributed by atoms with van der Waals surface area (Å²) in [6.45, 7) is 1.82. The summed E-state index contributed by atoms with van der Waals surface area (Å²) in [5.41, 5.74) is 3.67. The molecule has 0 bridgehead atoms. The average Bonchev–Trinajstić information content (AvgIpc) is 2.33. The molecule has 0 fully saturated rings. The first-order valence-corrected chi connectivity index (χ1v) is 3.25. The van der Waals surface area contributed by atoms with E-state index in [0.29, 0.717) is 5.76 Å². The van der Waals surface area contributed by atoms with Gasteiger partial charge in [0.25, 0.3) is 0 Å². The number of carboxylic acids is 1. The quantitative estimate of drug-likeness (QED) is 0.591. The van der Waals surface area contributed by atoms with E-state index < -0.39 is 5.97 Å². The molecular formula is C7H9NO3. The summed E-state index contributed by atoms with van der Waals surface area (Å²) < 4.78 is 4.88. The lowest BCUT2D eigenvalue weighted by molar-refractivity contribution is -0.424. The molecule has 60 valence electrons. The van der Waals surface area contributed by atoms with Gasteiger partial charge in [-0.3, -0.25) is 0 Å². The van der Waals surface area contributed by atoms with Crippen molar-refractivity contribution in [1.82, 2.24) is 0 Å². The lowest BCUT2D eigenvalue weighted by Gasteiger charge is -1.97. The molecule has 1 heterocycles. The summed E-state index contributed by atoms with van der Waals surface area (Å²) in [6, 6.07) is 2.91. The van der Waals surface area contributed by atoms with Gasteiger partial charge in [-0.25, -0.2) is 0 Å². The van der Waals surface area contributed by atoms with Gasteiger partial charge in [-0.2, -0.15) is 0 Å². The van der Waals surface area contributed by atoms with E-state index in [9.17, 15) is 9.90 Å². The summed E-state index contributed by atoms with van der Waals surface area (Å²) in [5.74, 6) is -0.878. The number of furan rings is 1. The zero-order chi connectivity index (χ0) is 8.43. The van der Waals surface area contributed by atoms with Gasteiger partial charge in [0.05, 0.1) is 0 Å². The Balaban J connectivity index is 2.90. The molecule has 1 aromatic rings. The van der Waals surface area contributed by atoms with Crippen LogP contribution in [-0.4, -0.2) is 5.97 Å². The lowest BCUT2D eigenvalue weighted by Crippen LogP contribution is -2.51. The molecule has 3 N–H and O–H groups in total. The number of carboxylic acid groups (broad SMARTS) is 1. The minimum atomic E-state index is -1.29. The number of carbonyl (C=O) groups is 1. The molecule has 0 radical (unpaired) electrons. The van der Waals surface area contributed by atoms with E-state index in [0.717, 1.165) is 0 Å². The van der Waals surface area contributed by atoms with Gasteiger partial charge in [-0.1, -0.05) is 0 Å². The first-order chi connectivity index (χ1) is 5.11. The highest BCUT2D eigenvalue weighted by Crippen LogP contribution is 2.11. The van der Waals surface area contributed by atoms with Crippen molar-refractivity contribution in [2.24, 2.45) is 0 Å². The Hall–Kier alpha value is -1.29. The molecule has 0 unspecified atom stereocenters. The number of quaternary nitrogens is 1. The number of aromatic carboxylic acids is 1. The minimum absolute atomic E-state index is 0.0388. The number of hydrogen-bond acceptors (Lipinski definition) is 3. The van der Waals surface area contributed by atoms with E-state index in [4.69, 9.17) is 4.42 Å². The summed E-state index contributed by atoms with van der Waals surface area (Å²) in [7, 11) is 0. The van der Waals surface area contributed by atoms with Crippen molar-refractivity contribution in [3.8, 4) is 0 Å². The van der Waals surface area contributed by atoms with Gasteiger partial charge in [0, 0.05) is 0 Å². The largest absolute Gasteiger partial charge is 0.542 e. The summed E-state index contributed by atoms with van der Waals surface area (Å²) in [4.78, 5) is 10.2. The summed E-state index contributed by atoms with van der Waals surface area (Å²) in [5, 5.41) is 10.2. The van der Waals surface area contributed by atoms with Crippen molar-refractivity contribution in [3.63, 3.8) is 0 Å². The SMILES string of the molecule is C[C@H]([NH3+])c1ccc(C(=O)[O-])o1. The zero-order valence-electron chi connectivity index (χ0n) is 6.16. The second-order valence-corrected chi connectivity index (χ2v) is 2.39. The van der Waals surface area contributed by atoms with Gasteiger partial charge in [0.1, 0.15) is 17.8 Å². The van der Waals surface area contributed by atoms with Crippen LogP contribution < -0.4 is 10.8 Å². The molecule has 0 aromatic carbocycles. The second-order valence-electron chi connectivity index (χ2n) is 2.39. The van der Waals surface area contributed by atoms with E-state index in [1.807, 2.05) is 6.92 Å². The average molecular weight is 155 g/mol. The monoisotopic (exact) mass is 155 g/mol. The van der Waals surface area contributed by atoms with E-state index >= 15 is 0 Å². The molecule has 0 aliphatic carbocycles. The molecule has 0 aliphatic heterocycles. The van der Waals surface area contributed by atoms with Crippen LogP contribution in [0.5, 0.6) is 0 Å². The molecule has 11 heavy (non-hydrogen) atoms. The van der Waals surface area contributed by atoms with Crippen molar-refractivity contribution in [1.29, 1.82) is 0 Å². The van der Waals surface area contributed by atoms with Crippen LogP contribution in [0.1, 0.15) is 29.3 Å². The lowest BCUT2D eigenvalue weighted by atomic mass is 10.3. The molecule has 4 nitrogen and oxygen atoms in total. The maximum atomic E-state index is 10.2. The van der Waals surface area contributed by atoms with Crippen LogP contribution in [-0.2, 0) is 0 Å². The number of carbonyl (C=O) groups excluding carboxylic acids is 1. The van der Waals surface area contributed by atoms with Gasteiger partial charge in [0.2, 0.25) is 0 Å². The standard InChI is InChI=1S/C7H9NO3/c1-4(8)5-2-3-6(11-5)7(9)10/h2-4H,8H2,1H3,(H,9,10)/t4-/m0/s1. The number of rotatable bonds is 2. The van der Waals surface area contributed by atoms with Gasteiger partial charge < -0.3 is 20.1 Å². The smallest absolute Gasteiger partial charge is 0.161 e. The van der Waals surface area contributed by atoms with Crippen molar-refractivity contribution < 1.29 is 20.1 Å². The van der Waals surface area contributed by atoms with Gasteiger partial charge in [-0.15, -0.1) is 0 Å². The topological polar surface area (TPSA) is 80.9 Å². The second kappa shape index (κ2) is 2.75. The van der Waals surface area contributed by atoms with Gasteiger partial charge >= 0.3 is 0 Å². The van der Waals surface area contributed by atoms with Crippen LogP contribution in [0.15, 0.2) is 16.5 Å². The van der Waals surface area contributed by atoms with Crippen molar-refractivity contribution in [2.45, 2.75) is 13.0 Å². The fourth-order valence-electron chi connectivity index (χ4n) is 0.727. The predicted octanol–water partition coefficient (Wildman–Crippen LogP) is -1.05. The maximum Gasteiger partial charge on any atom is 0.161 e. The molecule has 1 aromatic heterocycles. The van der Waals surface area contributed by atoms with Crippen LogP contribution in [0.4, 0.5) is 0 Å². The van der Waals surface area contributed by atoms with Crippen LogP contribution >= 0.6 is 0 Å². The van der Waals surface area contributed by atoms with Gasteiger partial charge in [0.15, 0.2) is 5.76 Å². The van der Waals surface area contributed by atoms with Crippen molar-refractivity contribution >= 4 is 5.97 Å². The Morgan fingerprint density at radius 2 is 2.36 bits per heavy atom. The molecule has 1 atom stereocenters. The highest BCUT2D eigenvalue weighted by molar-refractivity contribution is 5.82. The molecule has 1 rings (SSSR count). The van der Waals surface area contributed by atoms with Gasteiger partial charge in [-0.05, 0) is 19.1 Å². The minimum Gasteiger partial charge on any atom is -0.542 e. The Bertz CT molecular complexity index is 264. The first kappa shape index (κ1) is 7.81. The Morgan fingerprint density at radius 3 is 2.64 bits per heavy atom. The number of hydrogen-bond donors (Lipinski definition) is 1. The molecule has 0 saturated heterocycles. The van der Waals surface area contributed by atoms with Crippen LogP contribution in [0.25, 0.3) is 0 Å². The molecule has 4 heteroatoms. The van der Waals surface area contributed by atoms with E-state index in [1.54, 1.807) is 6.07 Å². The molecule has 0 saturated carbocycles. The Morgan fingerprint density at radius 1 is 1.73 bits per heavy atom. The van der Waals surface area contributed by atoms with Crippen LogP contribution in [0.2, 0.25) is 0 Å². The van der Waals surface area contributed by atoms with Crippen molar-refractivity contribution in [3.05, 3.63) is 23.7 Å². The van der Waals surface area contributed by atoms with E-state index in [2.05, 4.69) is 5.73 Å². The van der Waals surface area contributed by atoms with E-state index in [1.165, 1.54) is 6.07 Å². The van der Waals surface area contributed by atoms with E-state index in [-0.39, 0.29) is 11.8 Å². The van der Waals surface area contributed by atoms with Crippen molar-refractivity contribution in [2.75, 3.05) is 0 Å². The van der Waals surface area contributed by atoms with Crippen LogP contribution in [0, 0.1) is 0 Å². The summed E-state index contributed by atoms with van der Waals surface area (Å²) >= 11 is 0. The predicted molar refractivity (Wildman–Crippen MR) is 34.3 cm³/mol. The maximum absolute atomic E-state index is 10.2. The Labute approximate surface area is 63.6 Å². The fraction of sp³-hybridized carbons (Fsp3) is 0.286. The highest BCUT2D eigenvalue weighted by Gasteiger charge is 2.08. The third kappa shape index (κ3) is 1.59. The first-order valence-electron chi connectivity index (χ1n) is 3.25. The fourth-order valence-corrected chi connectivity index (χ4v) is 0.727. The van der Waals surface area contributed by atoms with Crippen LogP contribution in [0.3, 0.4) is 0 Å². The molecule has 0 spiro atoms.